The quantitative estimate of drug-likeness (QED) is 0.0643. The van der Waals surface area contributed by atoms with Gasteiger partial charge in [-0.1, -0.05) is 97.3 Å². The number of carbonyl (C=O) groups is 5. The molecule has 13 heteroatoms. The van der Waals surface area contributed by atoms with Gasteiger partial charge in [0.2, 0.25) is 11.8 Å². The molecule has 0 fully saturated rings. The Morgan fingerprint density at radius 3 is 1.36 bits per heavy atom. The molecular formula is C34H65N5O8. The van der Waals surface area contributed by atoms with Crippen molar-refractivity contribution in [2.24, 2.45) is 0 Å². The predicted octanol–water partition coefficient (Wildman–Crippen LogP) is 3.66. The topological polar surface area (TPSA) is 180 Å². The maximum Gasteiger partial charge on any atom is 0.317 e. The molecule has 2 amide bonds. The SMILES string of the molecule is CCCCCCCCCCNC(=O)CN(CCN(CCN(CC(=O)O)CC(=O)NC(C)CCCCCCCC)CC(=O)O)CC(=O)O. The van der Waals surface area contributed by atoms with Crippen LogP contribution in [0.3, 0.4) is 0 Å². The van der Waals surface area contributed by atoms with Gasteiger partial charge in [0.15, 0.2) is 0 Å². The zero-order valence-corrected chi connectivity index (χ0v) is 29.5. The zero-order valence-electron chi connectivity index (χ0n) is 29.5. The van der Waals surface area contributed by atoms with E-state index in [1.54, 1.807) is 4.90 Å². The van der Waals surface area contributed by atoms with Gasteiger partial charge in [0.05, 0.1) is 32.7 Å². The lowest BCUT2D eigenvalue weighted by Crippen LogP contribution is -2.48. The molecule has 0 aliphatic heterocycles. The Hall–Kier alpha value is -2.77. The summed E-state index contributed by atoms with van der Waals surface area (Å²) in [4.78, 5) is 64.2. The van der Waals surface area contributed by atoms with Crippen LogP contribution >= 0.6 is 0 Å². The number of amides is 2. The second kappa shape index (κ2) is 29.4. The first-order chi connectivity index (χ1) is 22.5. The van der Waals surface area contributed by atoms with Crippen molar-refractivity contribution in [3.8, 4) is 0 Å². The first kappa shape index (κ1) is 44.2. The Labute approximate surface area is 282 Å². The summed E-state index contributed by atoms with van der Waals surface area (Å²) in [5.74, 6) is -3.88. The molecule has 0 aliphatic rings. The fourth-order valence-electron chi connectivity index (χ4n) is 5.41. The number of nitrogens with one attached hydrogen (secondary N) is 2. The molecule has 5 N–H and O–H groups in total. The first-order valence-corrected chi connectivity index (χ1v) is 17.8. The summed E-state index contributed by atoms with van der Waals surface area (Å²) in [6.07, 6.45) is 16.9. The van der Waals surface area contributed by atoms with Crippen LogP contribution in [0.4, 0.5) is 0 Å². The molecule has 0 aromatic carbocycles. The van der Waals surface area contributed by atoms with Crippen molar-refractivity contribution in [3.05, 3.63) is 0 Å². The van der Waals surface area contributed by atoms with Crippen LogP contribution in [0.1, 0.15) is 117 Å². The average molecular weight is 672 g/mol. The molecule has 0 saturated carbocycles. The fourth-order valence-corrected chi connectivity index (χ4v) is 5.41. The van der Waals surface area contributed by atoms with E-state index in [0.717, 1.165) is 38.5 Å². The van der Waals surface area contributed by atoms with Crippen molar-refractivity contribution < 1.29 is 39.3 Å². The summed E-state index contributed by atoms with van der Waals surface area (Å²) in [6.45, 7) is 5.96. The number of aliphatic carboxylic acids is 3. The van der Waals surface area contributed by atoms with Crippen LogP contribution in [0.15, 0.2) is 0 Å². The number of carboxylic acid groups (broad SMARTS) is 3. The van der Waals surface area contributed by atoms with E-state index in [0.29, 0.717) is 6.54 Å². The number of nitrogens with zero attached hydrogens (tertiary/aromatic N) is 3. The Kier molecular flexibility index (Phi) is 27.6. The first-order valence-electron chi connectivity index (χ1n) is 17.8. The molecule has 0 spiro atoms. The van der Waals surface area contributed by atoms with E-state index in [1.807, 2.05) is 6.92 Å². The summed E-state index contributed by atoms with van der Waals surface area (Å²) in [6, 6.07) is -0.0402. The van der Waals surface area contributed by atoms with Crippen LogP contribution in [0.2, 0.25) is 0 Å². The third kappa shape index (κ3) is 29.1. The summed E-state index contributed by atoms with van der Waals surface area (Å²) in [7, 11) is 0. The monoisotopic (exact) mass is 671 g/mol. The molecule has 0 aromatic rings. The number of rotatable bonds is 33. The van der Waals surface area contributed by atoms with Crippen LogP contribution in [0.25, 0.3) is 0 Å². The summed E-state index contributed by atoms with van der Waals surface area (Å²) in [5.41, 5.74) is 0. The highest BCUT2D eigenvalue weighted by molar-refractivity contribution is 5.79. The molecular weight excluding hydrogens is 606 g/mol. The third-order valence-corrected chi connectivity index (χ3v) is 8.03. The maximum atomic E-state index is 12.7. The normalized spacial score (nSPS) is 12.0. The van der Waals surface area contributed by atoms with Gasteiger partial charge in [-0.05, 0) is 19.8 Å². The molecule has 1 atom stereocenters. The molecule has 274 valence electrons. The van der Waals surface area contributed by atoms with Gasteiger partial charge in [-0.2, -0.15) is 0 Å². The van der Waals surface area contributed by atoms with Crippen LogP contribution < -0.4 is 10.6 Å². The van der Waals surface area contributed by atoms with E-state index in [2.05, 4.69) is 24.5 Å². The number of hydrogen-bond donors (Lipinski definition) is 5. The molecule has 0 saturated heterocycles. The highest BCUT2D eigenvalue weighted by Crippen LogP contribution is 2.09. The van der Waals surface area contributed by atoms with Gasteiger partial charge in [0.25, 0.3) is 0 Å². The number of carboxylic acids is 3. The highest BCUT2D eigenvalue weighted by atomic mass is 16.4. The summed E-state index contributed by atoms with van der Waals surface area (Å²) < 4.78 is 0. The maximum absolute atomic E-state index is 12.7. The summed E-state index contributed by atoms with van der Waals surface area (Å²) in [5, 5.41) is 34.0. The standard InChI is InChI=1S/C34H65N5O8/c1-4-6-8-10-12-13-15-17-19-35-30(40)24-38(27-33(44)45)22-20-37(26-32(42)43)21-23-39(28-34(46)47)25-31(41)36-29(3)18-16-14-11-9-7-5-2/h29H,4-28H2,1-3H3,(H,35,40)(H,36,41)(H,42,43)(H,44,45)(H,46,47). The lowest BCUT2D eigenvalue weighted by molar-refractivity contribution is -0.141. The molecule has 0 aliphatic carbocycles. The summed E-state index contributed by atoms with van der Waals surface area (Å²) >= 11 is 0. The lowest BCUT2D eigenvalue weighted by Gasteiger charge is -2.28. The van der Waals surface area contributed by atoms with Gasteiger partial charge in [0.1, 0.15) is 0 Å². The molecule has 1 unspecified atom stereocenters. The molecule has 47 heavy (non-hydrogen) atoms. The van der Waals surface area contributed by atoms with E-state index >= 15 is 0 Å². The van der Waals surface area contributed by atoms with Crippen molar-refractivity contribution in [3.63, 3.8) is 0 Å². The molecule has 13 nitrogen and oxygen atoms in total. The predicted molar refractivity (Wildman–Crippen MR) is 183 cm³/mol. The third-order valence-electron chi connectivity index (χ3n) is 8.03. The Bertz CT molecular complexity index is 875. The van der Waals surface area contributed by atoms with Crippen molar-refractivity contribution >= 4 is 29.7 Å². The molecule has 0 rings (SSSR count). The van der Waals surface area contributed by atoms with E-state index in [-0.39, 0.29) is 76.8 Å². The Morgan fingerprint density at radius 1 is 0.511 bits per heavy atom. The second-order valence-corrected chi connectivity index (χ2v) is 12.7. The minimum atomic E-state index is -1.10. The average Bonchev–Trinajstić information content (AvgIpc) is 2.98. The number of hydrogen-bond acceptors (Lipinski definition) is 8. The highest BCUT2D eigenvalue weighted by Gasteiger charge is 2.20. The van der Waals surface area contributed by atoms with E-state index in [9.17, 15) is 39.3 Å². The number of unbranched alkanes of at least 4 members (excludes halogenated alkanes) is 12. The minimum absolute atomic E-state index is 0.0402. The van der Waals surface area contributed by atoms with Crippen LogP contribution in [-0.4, -0.2) is 131 Å². The van der Waals surface area contributed by atoms with Crippen molar-refractivity contribution in [1.29, 1.82) is 0 Å². The van der Waals surface area contributed by atoms with E-state index < -0.39 is 17.9 Å². The van der Waals surface area contributed by atoms with Gasteiger partial charge in [-0.15, -0.1) is 0 Å². The molecule has 0 heterocycles. The minimum Gasteiger partial charge on any atom is -0.480 e. The second-order valence-electron chi connectivity index (χ2n) is 12.7. The lowest BCUT2D eigenvalue weighted by atomic mass is 10.1. The van der Waals surface area contributed by atoms with Gasteiger partial charge < -0.3 is 26.0 Å². The van der Waals surface area contributed by atoms with Gasteiger partial charge in [-0.3, -0.25) is 38.7 Å². The molecule has 0 radical (unpaired) electrons. The smallest absolute Gasteiger partial charge is 0.317 e. The van der Waals surface area contributed by atoms with Crippen molar-refractivity contribution in [2.75, 3.05) is 65.4 Å². The van der Waals surface area contributed by atoms with Crippen molar-refractivity contribution in [2.45, 2.75) is 123 Å². The fraction of sp³-hybridized carbons (Fsp3) is 0.853. The molecule has 0 aromatic heterocycles. The Balaban J connectivity index is 4.85. The van der Waals surface area contributed by atoms with Crippen LogP contribution in [0, 0.1) is 0 Å². The van der Waals surface area contributed by atoms with Gasteiger partial charge >= 0.3 is 17.9 Å². The van der Waals surface area contributed by atoms with Crippen LogP contribution in [-0.2, 0) is 24.0 Å². The van der Waals surface area contributed by atoms with E-state index in [1.165, 1.54) is 67.6 Å². The molecule has 0 bridgehead atoms. The van der Waals surface area contributed by atoms with Crippen molar-refractivity contribution in [1.82, 2.24) is 25.3 Å². The van der Waals surface area contributed by atoms with Crippen LogP contribution in [0.5, 0.6) is 0 Å². The zero-order chi connectivity index (χ0) is 35.3. The largest absolute Gasteiger partial charge is 0.480 e. The van der Waals surface area contributed by atoms with Gasteiger partial charge in [0, 0.05) is 38.8 Å². The van der Waals surface area contributed by atoms with E-state index in [4.69, 9.17) is 0 Å². The number of carbonyl (C=O) groups excluding carboxylic acids is 2. The van der Waals surface area contributed by atoms with Gasteiger partial charge in [-0.25, -0.2) is 0 Å². The Morgan fingerprint density at radius 2 is 0.894 bits per heavy atom.